The van der Waals surface area contributed by atoms with Gasteiger partial charge >= 0.3 is 5.97 Å². The molecule has 1 unspecified atom stereocenters. The Labute approximate surface area is 90.7 Å². The highest BCUT2D eigenvalue weighted by Crippen LogP contribution is 2.29. The maximum absolute atomic E-state index is 11.2. The third-order valence-corrected chi connectivity index (χ3v) is 2.83. The van der Waals surface area contributed by atoms with Crippen molar-refractivity contribution in [1.29, 1.82) is 5.26 Å². The minimum absolute atomic E-state index is 0.106. The number of nitrogens with zero attached hydrogens (tertiary/aromatic N) is 1. The van der Waals surface area contributed by atoms with E-state index in [9.17, 15) is 4.79 Å². The van der Waals surface area contributed by atoms with Gasteiger partial charge in [-0.15, -0.1) is 0 Å². The summed E-state index contributed by atoms with van der Waals surface area (Å²) in [6.07, 6.45) is 5.85. The fraction of sp³-hybridized carbons (Fsp3) is 0.667. The first kappa shape index (κ1) is 11.8. The SMILES string of the molecule is C=C(C#N)C(=O)OC(C)CC1CCCC1. The zero-order chi connectivity index (χ0) is 11.3. The van der Waals surface area contributed by atoms with Gasteiger partial charge in [-0.05, 0) is 19.3 Å². The number of ether oxygens (including phenoxy) is 1. The Morgan fingerprint density at radius 3 is 2.73 bits per heavy atom. The molecule has 0 bridgehead atoms. The molecule has 0 heterocycles. The van der Waals surface area contributed by atoms with Crippen LogP contribution in [0.5, 0.6) is 0 Å². The summed E-state index contributed by atoms with van der Waals surface area (Å²) in [5, 5.41) is 8.45. The largest absolute Gasteiger partial charge is 0.459 e. The number of esters is 1. The van der Waals surface area contributed by atoms with E-state index in [0.717, 1.165) is 6.42 Å². The van der Waals surface area contributed by atoms with Gasteiger partial charge in [0.15, 0.2) is 0 Å². The second-order valence-electron chi connectivity index (χ2n) is 4.19. The summed E-state index contributed by atoms with van der Waals surface area (Å²) in [6, 6.07) is 1.69. The molecule has 1 rings (SSSR count). The van der Waals surface area contributed by atoms with E-state index in [0.29, 0.717) is 5.92 Å². The molecular formula is C12H17NO2. The predicted molar refractivity (Wildman–Crippen MR) is 56.9 cm³/mol. The molecule has 0 amide bonds. The van der Waals surface area contributed by atoms with Crippen molar-refractivity contribution in [3.8, 4) is 6.07 Å². The van der Waals surface area contributed by atoms with Crippen molar-refractivity contribution in [1.82, 2.24) is 0 Å². The second-order valence-corrected chi connectivity index (χ2v) is 4.19. The monoisotopic (exact) mass is 207 g/mol. The Kier molecular flexibility index (Phi) is 4.36. The third kappa shape index (κ3) is 3.75. The van der Waals surface area contributed by atoms with Gasteiger partial charge in [-0.25, -0.2) is 4.79 Å². The van der Waals surface area contributed by atoms with Gasteiger partial charge < -0.3 is 4.74 Å². The smallest absolute Gasteiger partial charge is 0.348 e. The van der Waals surface area contributed by atoms with E-state index in [4.69, 9.17) is 10.00 Å². The highest BCUT2D eigenvalue weighted by Gasteiger charge is 2.20. The zero-order valence-corrected chi connectivity index (χ0v) is 9.16. The average Bonchev–Trinajstić information content (AvgIpc) is 2.68. The van der Waals surface area contributed by atoms with Crippen LogP contribution in [0.2, 0.25) is 0 Å². The van der Waals surface area contributed by atoms with Crippen LogP contribution >= 0.6 is 0 Å². The van der Waals surface area contributed by atoms with Crippen LogP contribution in [0.25, 0.3) is 0 Å². The molecule has 0 N–H and O–H groups in total. The highest BCUT2D eigenvalue weighted by molar-refractivity contribution is 5.91. The first-order valence-corrected chi connectivity index (χ1v) is 5.43. The molecular weight excluding hydrogens is 190 g/mol. The summed E-state index contributed by atoms with van der Waals surface area (Å²) in [6.45, 7) is 5.20. The Balaban J connectivity index is 2.29. The summed E-state index contributed by atoms with van der Waals surface area (Å²) in [4.78, 5) is 11.2. The maximum Gasteiger partial charge on any atom is 0.348 e. The van der Waals surface area contributed by atoms with Crippen molar-refractivity contribution < 1.29 is 9.53 Å². The lowest BCUT2D eigenvalue weighted by Gasteiger charge is -2.16. The van der Waals surface area contributed by atoms with E-state index >= 15 is 0 Å². The zero-order valence-electron chi connectivity index (χ0n) is 9.16. The molecule has 0 aromatic carbocycles. The lowest BCUT2D eigenvalue weighted by Crippen LogP contribution is -2.18. The van der Waals surface area contributed by atoms with Gasteiger partial charge in [0.25, 0.3) is 0 Å². The van der Waals surface area contributed by atoms with E-state index in [1.54, 1.807) is 6.07 Å². The lowest BCUT2D eigenvalue weighted by molar-refractivity contribution is -0.143. The van der Waals surface area contributed by atoms with Crippen LogP contribution in [0.4, 0.5) is 0 Å². The molecule has 0 aromatic rings. The summed E-state index contributed by atoms with van der Waals surface area (Å²) in [5.74, 6) is 0.103. The van der Waals surface area contributed by atoms with Crippen molar-refractivity contribution >= 4 is 5.97 Å². The number of carbonyl (C=O) groups is 1. The van der Waals surface area contributed by atoms with Crippen molar-refractivity contribution in [3.63, 3.8) is 0 Å². The van der Waals surface area contributed by atoms with E-state index < -0.39 is 5.97 Å². The Morgan fingerprint density at radius 1 is 1.60 bits per heavy atom. The molecule has 1 atom stereocenters. The van der Waals surface area contributed by atoms with Gasteiger partial charge in [-0.2, -0.15) is 5.26 Å². The van der Waals surface area contributed by atoms with E-state index in [1.807, 2.05) is 6.92 Å². The quantitative estimate of drug-likeness (QED) is 0.404. The normalized spacial score (nSPS) is 18.1. The van der Waals surface area contributed by atoms with Gasteiger partial charge in [0, 0.05) is 0 Å². The second kappa shape index (κ2) is 5.55. The average molecular weight is 207 g/mol. The third-order valence-electron chi connectivity index (χ3n) is 2.83. The van der Waals surface area contributed by atoms with Crippen molar-refractivity contribution in [2.24, 2.45) is 5.92 Å². The lowest BCUT2D eigenvalue weighted by atomic mass is 10.0. The van der Waals surface area contributed by atoms with Crippen LogP contribution < -0.4 is 0 Å². The molecule has 0 aliphatic heterocycles. The van der Waals surface area contributed by atoms with Gasteiger partial charge in [-0.3, -0.25) is 0 Å². The van der Waals surface area contributed by atoms with Crippen LogP contribution in [0.1, 0.15) is 39.0 Å². The maximum atomic E-state index is 11.2. The van der Waals surface area contributed by atoms with Gasteiger partial charge in [0.1, 0.15) is 11.6 Å². The number of rotatable bonds is 4. The van der Waals surface area contributed by atoms with Gasteiger partial charge in [0.2, 0.25) is 0 Å². The van der Waals surface area contributed by atoms with E-state index in [1.165, 1.54) is 25.7 Å². The number of nitriles is 1. The molecule has 3 nitrogen and oxygen atoms in total. The van der Waals surface area contributed by atoms with Crippen molar-refractivity contribution in [2.45, 2.75) is 45.1 Å². The van der Waals surface area contributed by atoms with Gasteiger partial charge in [-0.1, -0.05) is 32.3 Å². The molecule has 0 aromatic heterocycles. The Hall–Kier alpha value is -1.30. The molecule has 3 heteroatoms. The Morgan fingerprint density at radius 2 is 2.20 bits per heavy atom. The first-order valence-electron chi connectivity index (χ1n) is 5.43. The fourth-order valence-corrected chi connectivity index (χ4v) is 2.06. The van der Waals surface area contributed by atoms with Crippen LogP contribution in [0, 0.1) is 17.2 Å². The molecule has 0 spiro atoms. The number of hydrogen-bond donors (Lipinski definition) is 0. The standard InChI is InChI=1S/C12H17NO2/c1-9(8-13)12(14)15-10(2)7-11-5-3-4-6-11/h10-11H,1,3-7H2,2H3. The minimum Gasteiger partial charge on any atom is -0.459 e. The number of carbonyl (C=O) groups excluding carboxylic acids is 1. The molecule has 82 valence electrons. The molecule has 0 radical (unpaired) electrons. The highest BCUT2D eigenvalue weighted by atomic mass is 16.5. The van der Waals surface area contributed by atoms with Crippen LogP contribution in [0.15, 0.2) is 12.2 Å². The molecule has 15 heavy (non-hydrogen) atoms. The first-order chi connectivity index (χ1) is 7.13. The summed E-state index contributed by atoms with van der Waals surface area (Å²) >= 11 is 0. The summed E-state index contributed by atoms with van der Waals surface area (Å²) < 4.78 is 5.10. The van der Waals surface area contributed by atoms with Crippen LogP contribution in [-0.4, -0.2) is 12.1 Å². The van der Waals surface area contributed by atoms with Crippen LogP contribution in [0.3, 0.4) is 0 Å². The number of hydrogen-bond acceptors (Lipinski definition) is 3. The van der Waals surface area contributed by atoms with Crippen LogP contribution in [-0.2, 0) is 9.53 Å². The Bertz CT molecular complexity index is 284. The fourth-order valence-electron chi connectivity index (χ4n) is 2.06. The molecule has 1 fully saturated rings. The van der Waals surface area contributed by atoms with E-state index in [2.05, 4.69) is 6.58 Å². The summed E-state index contributed by atoms with van der Waals surface area (Å²) in [5.41, 5.74) is -0.117. The van der Waals surface area contributed by atoms with E-state index in [-0.39, 0.29) is 11.7 Å². The van der Waals surface area contributed by atoms with Crippen molar-refractivity contribution in [2.75, 3.05) is 0 Å². The predicted octanol–water partition coefficient (Wildman–Crippen LogP) is 2.58. The van der Waals surface area contributed by atoms with Crippen molar-refractivity contribution in [3.05, 3.63) is 12.2 Å². The van der Waals surface area contributed by atoms with Gasteiger partial charge in [0.05, 0.1) is 6.10 Å². The minimum atomic E-state index is -0.581. The molecule has 0 saturated heterocycles. The molecule has 1 saturated carbocycles. The molecule has 1 aliphatic carbocycles. The topological polar surface area (TPSA) is 50.1 Å². The molecule has 1 aliphatic rings. The summed E-state index contributed by atoms with van der Waals surface area (Å²) in [7, 11) is 0.